The van der Waals surface area contributed by atoms with E-state index in [-0.39, 0.29) is 4.91 Å². The summed E-state index contributed by atoms with van der Waals surface area (Å²) in [5.41, 5.74) is 0.743. The minimum atomic E-state index is -1.26. The number of nitrogens with one attached hydrogen (secondary N) is 1. The van der Waals surface area contributed by atoms with E-state index >= 15 is 0 Å². The zero-order valence-corrected chi connectivity index (χ0v) is 15.4. The number of aliphatic carboxylic acids is 1. The largest absolute Gasteiger partial charge is 0.544 e. The van der Waals surface area contributed by atoms with Crippen LogP contribution >= 0.6 is 11.8 Å². The molecule has 2 rings (SSSR count). The van der Waals surface area contributed by atoms with E-state index in [1.807, 2.05) is 19.1 Å². The van der Waals surface area contributed by atoms with Gasteiger partial charge in [0.2, 0.25) is 5.16 Å². The molecule has 0 unspecified atom stereocenters. The van der Waals surface area contributed by atoms with Crippen LogP contribution in [0.3, 0.4) is 0 Å². The molecule has 0 spiro atoms. The normalized spacial score (nSPS) is 11.8. The summed E-state index contributed by atoms with van der Waals surface area (Å²) >= 11 is 0.971. The van der Waals surface area contributed by atoms with E-state index in [2.05, 4.69) is 29.0 Å². The van der Waals surface area contributed by atoms with Crippen LogP contribution in [-0.4, -0.2) is 27.8 Å². The van der Waals surface area contributed by atoms with Gasteiger partial charge in [0.1, 0.15) is 11.6 Å². The van der Waals surface area contributed by atoms with Crippen molar-refractivity contribution in [3.05, 3.63) is 40.6 Å². The molecule has 134 valence electrons. The first kappa shape index (κ1) is 19.1. The molecule has 0 amide bonds. The Morgan fingerprint density at radius 3 is 2.68 bits per heavy atom. The van der Waals surface area contributed by atoms with Gasteiger partial charge >= 0.3 is 0 Å². The van der Waals surface area contributed by atoms with Gasteiger partial charge in [-0.05, 0) is 47.9 Å². The second-order valence-corrected chi connectivity index (χ2v) is 7.00. The van der Waals surface area contributed by atoms with Gasteiger partial charge in [-0.15, -0.1) is 5.10 Å². The van der Waals surface area contributed by atoms with E-state index in [0.717, 1.165) is 41.7 Å². The Balaban J connectivity index is 2.09. The lowest BCUT2D eigenvalue weighted by Crippen LogP contribution is -2.23. The molecule has 0 radical (unpaired) electrons. The highest BCUT2D eigenvalue weighted by atomic mass is 32.2. The molecule has 1 aromatic heterocycles. The summed E-state index contributed by atoms with van der Waals surface area (Å²) in [5.74, 6) is 0.688. The first-order chi connectivity index (χ1) is 12.0. The fourth-order valence-electron chi connectivity index (χ4n) is 1.97. The fourth-order valence-corrected chi connectivity index (χ4v) is 2.70. The Morgan fingerprint density at radius 1 is 1.36 bits per heavy atom. The highest BCUT2D eigenvalue weighted by molar-refractivity contribution is 8.04. The van der Waals surface area contributed by atoms with E-state index in [1.165, 1.54) is 0 Å². The summed E-state index contributed by atoms with van der Waals surface area (Å²) in [5, 5.41) is 18.6. The highest BCUT2D eigenvalue weighted by Gasteiger charge is 2.08. The van der Waals surface area contributed by atoms with Crippen molar-refractivity contribution in [2.45, 2.75) is 38.8 Å². The van der Waals surface area contributed by atoms with Gasteiger partial charge < -0.3 is 14.6 Å². The first-order valence-electron chi connectivity index (χ1n) is 8.23. The maximum atomic E-state index is 11.4. The Labute approximate surface area is 151 Å². The van der Waals surface area contributed by atoms with E-state index in [1.54, 1.807) is 18.2 Å². The second kappa shape index (κ2) is 9.27. The van der Waals surface area contributed by atoms with Gasteiger partial charge in [0, 0.05) is 11.3 Å². The highest BCUT2D eigenvalue weighted by Crippen LogP contribution is 2.26. The molecule has 1 aromatic carbocycles. The standard InChI is InChI=1S/C18H23N3O3S/c1-4-5-16-19-18(21-20-16)25-15(17(22)23)10-13-6-8-14(9-7-13)24-11-12(2)3/h6-10,12H,4-5,11H2,1-3H3,(H,22,23)(H,19,20,21)/p-1/b15-10+. The molecule has 0 aliphatic heterocycles. The molecule has 25 heavy (non-hydrogen) atoms. The topological polar surface area (TPSA) is 90.9 Å². The molecule has 1 N–H and O–H groups in total. The molecular formula is C18H22N3O3S-. The van der Waals surface area contributed by atoms with Crippen molar-refractivity contribution in [2.24, 2.45) is 5.92 Å². The summed E-state index contributed by atoms with van der Waals surface area (Å²) in [4.78, 5) is 15.7. The number of aryl methyl sites for hydroxylation is 1. The van der Waals surface area contributed by atoms with Gasteiger partial charge in [-0.25, -0.2) is 4.98 Å². The molecule has 2 aromatic rings. The lowest BCUT2D eigenvalue weighted by Gasteiger charge is -2.09. The predicted molar refractivity (Wildman–Crippen MR) is 96.0 cm³/mol. The van der Waals surface area contributed by atoms with E-state index in [0.29, 0.717) is 17.7 Å². The monoisotopic (exact) mass is 360 g/mol. The molecule has 0 atom stereocenters. The van der Waals surface area contributed by atoms with Crippen LogP contribution in [0.25, 0.3) is 6.08 Å². The zero-order valence-electron chi connectivity index (χ0n) is 14.6. The van der Waals surface area contributed by atoms with Crippen molar-refractivity contribution < 1.29 is 14.6 Å². The Bertz CT molecular complexity index is 723. The zero-order chi connectivity index (χ0) is 18.2. The van der Waals surface area contributed by atoms with Gasteiger partial charge in [0.25, 0.3) is 0 Å². The molecule has 1 heterocycles. The maximum absolute atomic E-state index is 11.4. The van der Waals surface area contributed by atoms with Crippen LogP contribution in [0, 0.1) is 5.92 Å². The minimum absolute atomic E-state index is 0.0536. The van der Waals surface area contributed by atoms with E-state index < -0.39 is 5.97 Å². The third-order valence-electron chi connectivity index (χ3n) is 3.16. The van der Waals surface area contributed by atoms with Gasteiger partial charge in [0.05, 0.1) is 12.6 Å². The third-order valence-corrected chi connectivity index (χ3v) is 4.03. The number of aromatic nitrogens is 3. The Morgan fingerprint density at radius 2 is 2.08 bits per heavy atom. The number of benzene rings is 1. The number of rotatable bonds is 9. The Hall–Kier alpha value is -2.28. The molecule has 0 aliphatic rings. The van der Waals surface area contributed by atoms with E-state index in [9.17, 15) is 9.90 Å². The molecule has 0 aliphatic carbocycles. The fraction of sp³-hybridized carbons (Fsp3) is 0.389. The molecule has 0 saturated carbocycles. The number of nitrogens with zero attached hydrogens (tertiary/aromatic N) is 2. The van der Waals surface area contributed by atoms with Crippen LogP contribution in [-0.2, 0) is 11.2 Å². The lowest BCUT2D eigenvalue weighted by molar-refractivity contribution is -0.297. The number of hydrogen-bond acceptors (Lipinski definition) is 6. The van der Waals surface area contributed by atoms with Crippen molar-refractivity contribution in [1.29, 1.82) is 0 Å². The quantitative estimate of drug-likeness (QED) is 0.546. The van der Waals surface area contributed by atoms with Gasteiger partial charge in [-0.3, -0.25) is 5.10 Å². The summed E-state index contributed by atoms with van der Waals surface area (Å²) in [6, 6.07) is 7.25. The van der Waals surface area contributed by atoms with Crippen molar-refractivity contribution in [3.8, 4) is 5.75 Å². The van der Waals surface area contributed by atoms with Gasteiger partial charge in [0.15, 0.2) is 0 Å². The summed E-state index contributed by atoms with van der Waals surface area (Å²) < 4.78 is 5.62. The van der Waals surface area contributed by atoms with Crippen molar-refractivity contribution in [3.63, 3.8) is 0 Å². The van der Waals surface area contributed by atoms with Gasteiger partial charge in [-0.2, -0.15) is 0 Å². The molecule has 7 heteroatoms. The number of carbonyl (C=O) groups excluding carboxylic acids is 1. The number of ether oxygens (including phenoxy) is 1. The first-order valence-corrected chi connectivity index (χ1v) is 9.04. The number of hydrogen-bond donors (Lipinski definition) is 1. The van der Waals surface area contributed by atoms with Crippen molar-refractivity contribution >= 4 is 23.8 Å². The second-order valence-electron chi connectivity index (χ2n) is 5.99. The van der Waals surface area contributed by atoms with Crippen LogP contribution in [0.2, 0.25) is 0 Å². The van der Waals surface area contributed by atoms with Crippen LogP contribution in [0.5, 0.6) is 5.75 Å². The maximum Gasteiger partial charge on any atom is 0.213 e. The molecule has 0 fully saturated rings. The average Bonchev–Trinajstić information content (AvgIpc) is 3.01. The van der Waals surface area contributed by atoms with Crippen LogP contribution in [0.1, 0.15) is 38.6 Å². The Kier molecular flexibility index (Phi) is 7.06. The minimum Gasteiger partial charge on any atom is -0.544 e. The average molecular weight is 360 g/mol. The summed E-state index contributed by atoms with van der Waals surface area (Å²) in [6.07, 6.45) is 3.26. The van der Waals surface area contributed by atoms with Crippen molar-refractivity contribution in [2.75, 3.05) is 6.61 Å². The molecular weight excluding hydrogens is 338 g/mol. The van der Waals surface area contributed by atoms with Crippen LogP contribution in [0.15, 0.2) is 34.3 Å². The van der Waals surface area contributed by atoms with Crippen LogP contribution < -0.4 is 9.84 Å². The summed E-state index contributed by atoms with van der Waals surface area (Å²) in [6.45, 7) is 6.83. The molecule has 0 bridgehead atoms. The predicted octanol–water partition coefficient (Wildman–Crippen LogP) is 2.68. The number of aromatic amines is 1. The number of carbonyl (C=O) groups is 1. The smallest absolute Gasteiger partial charge is 0.213 e. The SMILES string of the molecule is CCCc1nc(S/C(=C/c2ccc(OCC(C)C)cc2)C(=O)[O-])n[nH]1. The number of carboxylic acid groups (broad SMARTS) is 1. The molecule has 6 nitrogen and oxygen atoms in total. The third kappa shape index (κ3) is 6.26. The summed E-state index contributed by atoms with van der Waals surface area (Å²) in [7, 11) is 0. The van der Waals surface area contributed by atoms with Gasteiger partial charge in [-0.1, -0.05) is 32.9 Å². The van der Waals surface area contributed by atoms with Crippen LogP contribution in [0.4, 0.5) is 0 Å². The number of thioether (sulfide) groups is 1. The van der Waals surface area contributed by atoms with E-state index in [4.69, 9.17) is 4.74 Å². The van der Waals surface area contributed by atoms with Crippen molar-refractivity contribution in [1.82, 2.24) is 15.2 Å². The number of carboxylic acids is 1. The number of H-pyrrole nitrogens is 1. The lowest BCUT2D eigenvalue weighted by atomic mass is 10.2. The molecule has 0 saturated heterocycles.